The van der Waals surface area contributed by atoms with Gasteiger partial charge in [0.1, 0.15) is 12.2 Å². The molecular formula is C22H18O4. The Balaban J connectivity index is 1.82. The van der Waals surface area contributed by atoms with E-state index < -0.39 is 0 Å². The van der Waals surface area contributed by atoms with Crippen molar-refractivity contribution in [2.45, 2.75) is 20.5 Å². The van der Waals surface area contributed by atoms with Gasteiger partial charge in [-0.1, -0.05) is 35.9 Å². The van der Waals surface area contributed by atoms with Gasteiger partial charge in [-0.05, 0) is 49.2 Å². The summed E-state index contributed by atoms with van der Waals surface area (Å²) in [6.07, 6.45) is 1.54. The van der Waals surface area contributed by atoms with E-state index in [1.807, 2.05) is 50.2 Å². The van der Waals surface area contributed by atoms with Gasteiger partial charge in [0.2, 0.25) is 16.9 Å². The minimum absolute atomic E-state index is 0.164. The van der Waals surface area contributed by atoms with Gasteiger partial charge in [0.05, 0.1) is 11.6 Å². The number of rotatable bonds is 4. The summed E-state index contributed by atoms with van der Waals surface area (Å²) in [5, 5.41) is 0.491. The molecule has 0 unspecified atom stereocenters. The van der Waals surface area contributed by atoms with E-state index in [9.17, 15) is 4.79 Å². The van der Waals surface area contributed by atoms with Crippen LogP contribution in [-0.2, 0) is 6.61 Å². The molecule has 0 saturated carbocycles. The van der Waals surface area contributed by atoms with Crippen molar-refractivity contribution >= 4 is 11.0 Å². The molecule has 0 radical (unpaired) electrons. The summed E-state index contributed by atoms with van der Waals surface area (Å²) >= 11 is 0. The first-order chi connectivity index (χ1) is 12.6. The molecule has 0 spiro atoms. The highest BCUT2D eigenvalue weighted by Gasteiger charge is 2.19. The van der Waals surface area contributed by atoms with Crippen LogP contribution in [0.5, 0.6) is 5.75 Å². The molecule has 0 fully saturated rings. The van der Waals surface area contributed by atoms with E-state index in [0.717, 1.165) is 11.1 Å². The smallest absolute Gasteiger partial charge is 0.235 e. The van der Waals surface area contributed by atoms with Crippen LogP contribution in [0.4, 0.5) is 0 Å². The van der Waals surface area contributed by atoms with Gasteiger partial charge in [0.15, 0.2) is 5.76 Å². The zero-order chi connectivity index (χ0) is 18.1. The molecule has 0 aliphatic carbocycles. The van der Waals surface area contributed by atoms with Gasteiger partial charge >= 0.3 is 0 Å². The van der Waals surface area contributed by atoms with Crippen LogP contribution in [0.15, 0.2) is 74.5 Å². The Kier molecular flexibility index (Phi) is 4.09. The van der Waals surface area contributed by atoms with Crippen LogP contribution in [0.25, 0.3) is 22.5 Å². The molecule has 0 aliphatic heterocycles. The summed E-state index contributed by atoms with van der Waals surface area (Å²) in [5.41, 5.74) is 3.48. The molecule has 26 heavy (non-hydrogen) atoms. The summed E-state index contributed by atoms with van der Waals surface area (Å²) in [7, 11) is 0. The minimum atomic E-state index is -0.204. The molecule has 4 nitrogen and oxygen atoms in total. The Hall–Kier alpha value is -3.27. The molecule has 4 rings (SSSR count). The molecule has 0 N–H and O–H groups in total. The van der Waals surface area contributed by atoms with Crippen molar-refractivity contribution in [3.05, 3.63) is 87.8 Å². The van der Waals surface area contributed by atoms with E-state index >= 15 is 0 Å². The third-order valence-electron chi connectivity index (χ3n) is 4.25. The fourth-order valence-corrected chi connectivity index (χ4v) is 2.82. The highest BCUT2D eigenvalue weighted by Crippen LogP contribution is 2.32. The number of hydrogen-bond donors (Lipinski definition) is 0. The second-order valence-electron chi connectivity index (χ2n) is 6.34. The van der Waals surface area contributed by atoms with Gasteiger partial charge in [-0.2, -0.15) is 0 Å². The molecule has 4 heteroatoms. The predicted molar refractivity (Wildman–Crippen MR) is 100 cm³/mol. The fraction of sp³-hybridized carbons (Fsp3) is 0.136. The molecule has 2 heterocycles. The average molecular weight is 346 g/mol. The maximum absolute atomic E-state index is 13.0. The molecule has 4 aromatic rings. The lowest BCUT2D eigenvalue weighted by Gasteiger charge is -2.11. The van der Waals surface area contributed by atoms with Crippen molar-refractivity contribution < 1.29 is 13.6 Å². The van der Waals surface area contributed by atoms with E-state index in [1.54, 1.807) is 24.5 Å². The monoisotopic (exact) mass is 346 g/mol. The van der Waals surface area contributed by atoms with Crippen LogP contribution in [0.1, 0.15) is 16.7 Å². The quantitative estimate of drug-likeness (QED) is 0.506. The van der Waals surface area contributed by atoms with Crippen LogP contribution in [0.2, 0.25) is 0 Å². The van der Waals surface area contributed by atoms with Crippen LogP contribution in [0, 0.1) is 13.8 Å². The highest BCUT2D eigenvalue weighted by atomic mass is 16.5. The number of aryl methyl sites for hydroxylation is 2. The molecule has 0 atom stereocenters. The first-order valence-electron chi connectivity index (χ1n) is 8.41. The normalized spacial score (nSPS) is 11.0. The van der Waals surface area contributed by atoms with Crippen molar-refractivity contribution in [1.82, 2.24) is 0 Å². The zero-order valence-electron chi connectivity index (χ0n) is 14.6. The molecule has 0 bridgehead atoms. The number of hydrogen-bond acceptors (Lipinski definition) is 4. The largest absolute Gasteiger partial charge is 0.481 e. The van der Waals surface area contributed by atoms with Gasteiger partial charge in [0.25, 0.3) is 0 Å². The zero-order valence-corrected chi connectivity index (χ0v) is 14.6. The Labute approximate surface area is 150 Å². The summed E-state index contributed by atoms with van der Waals surface area (Å²) < 4.78 is 17.3. The number of furan rings is 1. The van der Waals surface area contributed by atoms with Gasteiger partial charge in [-0.3, -0.25) is 4.79 Å². The lowest BCUT2D eigenvalue weighted by Crippen LogP contribution is -2.10. The van der Waals surface area contributed by atoms with Crippen LogP contribution in [-0.4, -0.2) is 0 Å². The lowest BCUT2D eigenvalue weighted by atomic mass is 10.1. The van der Waals surface area contributed by atoms with Crippen LogP contribution >= 0.6 is 0 Å². The van der Waals surface area contributed by atoms with Gasteiger partial charge in [-0.15, -0.1) is 0 Å². The van der Waals surface area contributed by atoms with E-state index in [2.05, 4.69) is 0 Å². The van der Waals surface area contributed by atoms with E-state index in [4.69, 9.17) is 13.6 Å². The number of fused-ring (bicyclic) bond motifs is 1. The lowest BCUT2D eigenvalue weighted by molar-refractivity contribution is 0.296. The van der Waals surface area contributed by atoms with Crippen LogP contribution in [0.3, 0.4) is 0 Å². The first-order valence-corrected chi connectivity index (χ1v) is 8.41. The third-order valence-corrected chi connectivity index (χ3v) is 4.25. The minimum Gasteiger partial charge on any atom is -0.481 e. The van der Waals surface area contributed by atoms with Gasteiger partial charge in [0, 0.05) is 0 Å². The first kappa shape index (κ1) is 16.2. The molecule has 2 aromatic carbocycles. The topological polar surface area (TPSA) is 52.6 Å². The molecule has 0 amide bonds. The summed E-state index contributed by atoms with van der Waals surface area (Å²) in [6.45, 7) is 4.25. The van der Waals surface area contributed by atoms with Crippen LogP contribution < -0.4 is 10.2 Å². The van der Waals surface area contributed by atoms with Gasteiger partial charge < -0.3 is 13.6 Å². The Morgan fingerprint density at radius 2 is 1.73 bits per heavy atom. The molecule has 0 saturated heterocycles. The Morgan fingerprint density at radius 1 is 0.962 bits per heavy atom. The van der Waals surface area contributed by atoms with Crippen molar-refractivity contribution in [1.29, 1.82) is 0 Å². The second-order valence-corrected chi connectivity index (χ2v) is 6.34. The fourth-order valence-electron chi connectivity index (χ4n) is 2.82. The number of ether oxygens (including phenoxy) is 1. The highest BCUT2D eigenvalue weighted by molar-refractivity contribution is 5.81. The van der Waals surface area contributed by atoms with Crippen molar-refractivity contribution in [3.63, 3.8) is 0 Å². The number of benzene rings is 2. The third kappa shape index (κ3) is 3.02. The maximum atomic E-state index is 13.0. The Morgan fingerprint density at radius 3 is 2.46 bits per heavy atom. The standard InChI is InChI=1S/C22H18O4/c1-14-5-8-16(9-6-14)13-25-22-20(23)17-10-7-15(2)12-19(17)26-21(22)18-4-3-11-24-18/h3-12H,13H2,1-2H3. The Bertz CT molecular complexity index is 1100. The SMILES string of the molecule is Cc1ccc(COc2c(-c3ccco3)oc3cc(C)ccc3c2=O)cc1. The summed E-state index contributed by atoms with van der Waals surface area (Å²) in [5.74, 6) is 0.937. The second kappa shape index (κ2) is 6.56. The predicted octanol–water partition coefficient (Wildman–Crippen LogP) is 5.25. The molecule has 130 valence electrons. The van der Waals surface area contributed by atoms with Crippen molar-refractivity contribution in [2.24, 2.45) is 0 Å². The van der Waals surface area contributed by atoms with Crippen molar-refractivity contribution in [3.8, 4) is 17.3 Å². The van der Waals surface area contributed by atoms with E-state index in [1.165, 1.54) is 5.56 Å². The van der Waals surface area contributed by atoms with E-state index in [0.29, 0.717) is 22.5 Å². The molecular weight excluding hydrogens is 328 g/mol. The molecule has 2 aromatic heterocycles. The van der Waals surface area contributed by atoms with E-state index in [-0.39, 0.29) is 17.8 Å². The van der Waals surface area contributed by atoms with Crippen molar-refractivity contribution in [2.75, 3.05) is 0 Å². The summed E-state index contributed by atoms with van der Waals surface area (Å²) in [6, 6.07) is 17.0. The summed E-state index contributed by atoms with van der Waals surface area (Å²) in [4.78, 5) is 13.0. The molecule has 0 aliphatic rings. The maximum Gasteiger partial charge on any atom is 0.235 e. The van der Waals surface area contributed by atoms with Gasteiger partial charge in [-0.25, -0.2) is 0 Å². The average Bonchev–Trinajstić information content (AvgIpc) is 3.16.